The third-order valence-electron chi connectivity index (χ3n) is 3.87. The van der Waals surface area contributed by atoms with Crippen molar-refractivity contribution < 1.29 is 4.79 Å². The van der Waals surface area contributed by atoms with Gasteiger partial charge in [-0.25, -0.2) is 9.48 Å². The minimum Gasteiger partial charge on any atom is -0.352 e. The van der Waals surface area contributed by atoms with Gasteiger partial charge in [0, 0.05) is 37.0 Å². The van der Waals surface area contributed by atoms with Crippen LogP contribution in [0.15, 0.2) is 26.8 Å². The van der Waals surface area contributed by atoms with Crippen molar-refractivity contribution in [1.82, 2.24) is 19.7 Å². The number of thiophene rings is 1. The van der Waals surface area contributed by atoms with Crippen LogP contribution in [-0.4, -0.2) is 26.8 Å². The fraction of sp³-hybridized carbons (Fsp3) is 0.438. The van der Waals surface area contributed by atoms with Crippen LogP contribution in [-0.2, 0) is 24.3 Å². The third kappa shape index (κ3) is 4.24. The molecule has 3 heterocycles. The molecule has 0 aromatic carbocycles. The molecule has 24 heavy (non-hydrogen) atoms. The van der Waals surface area contributed by atoms with E-state index in [1.54, 1.807) is 22.0 Å². The van der Waals surface area contributed by atoms with E-state index in [2.05, 4.69) is 26.3 Å². The lowest BCUT2D eigenvalue weighted by Crippen LogP contribution is -2.28. The van der Waals surface area contributed by atoms with Crippen LogP contribution in [0.25, 0.3) is 6.08 Å². The lowest BCUT2D eigenvalue weighted by Gasteiger charge is -2.09. The Morgan fingerprint density at radius 2 is 2.29 bits per heavy atom. The van der Waals surface area contributed by atoms with Crippen molar-refractivity contribution in [3.8, 4) is 0 Å². The van der Waals surface area contributed by atoms with E-state index in [0.29, 0.717) is 19.5 Å². The lowest BCUT2D eigenvalue weighted by molar-refractivity contribution is -0.116. The van der Waals surface area contributed by atoms with Crippen molar-refractivity contribution in [3.63, 3.8) is 0 Å². The molecule has 6 nitrogen and oxygen atoms in total. The Bertz CT molecular complexity index is 805. The van der Waals surface area contributed by atoms with E-state index in [9.17, 15) is 9.59 Å². The Morgan fingerprint density at radius 1 is 1.42 bits per heavy atom. The van der Waals surface area contributed by atoms with Crippen LogP contribution >= 0.6 is 27.3 Å². The molecule has 0 spiro atoms. The van der Waals surface area contributed by atoms with Crippen molar-refractivity contribution in [3.05, 3.63) is 43.2 Å². The highest BCUT2D eigenvalue weighted by Crippen LogP contribution is 2.22. The fourth-order valence-electron chi connectivity index (χ4n) is 2.67. The SMILES string of the molecule is O=C(/C=C/c1ccc(Br)s1)NCCCn1nc2n(c1=O)CCCC2. The number of hydrogen-bond donors (Lipinski definition) is 1. The Morgan fingerprint density at radius 3 is 3.04 bits per heavy atom. The molecular weight excluding hydrogens is 392 g/mol. The van der Waals surface area contributed by atoms with E-state index >= 15 is 0 Å². The van der Waals surface area contributed by atoms with Crippen LogP contribution in [0.4, 0.5) is 0 Å². The zero-order valence-electron chi connectivity index (χ0n) is 13.2. The van der Waals surface area contributed by atoms with Gasteiger partial charge in [0.2, 0.25) is 5.91 Å². The average Bonchev–Trinajstić information content (AvgIpc) is 3.14. The van der Waals surface area contributed by atoms with Crippen molar-refractivity contribution in [2.24, 2.45) is 0 Å². The van der Waals surface area contributed by atoms with E-state index in [4.69, 9.17) is 0 Å². The maximum atomic E-state index is 12.2. The van der Waals surface area contributed by atoms with Gasteiger partial charge >= 0.3 is 5.69 Å². The topological polar surface area (TPSA) is 68.9 Å². The third-order valence-corrected chi connectivity index (χ3v) is 5.46. The van der Waals surface area contributed by atoms with E-state index in [-0.39, 0.29) is 11.6 Å². The van der Waals surface area contributed by atoms with Gasteiger partial charge in [0.25, 0.3) is 0 Å². The predicted molar refractivity (Wildman–Crippen MR) is 98.1 cm³/mol. The molecule has 2 aromatic rings. The summed E-state index contributed by atoms with van der Waals surface area (Å²) in [7, 11) is 0. The zero-order chi connectivity index (χ0) is 16.9. The number of amides is 1. The number of hydrogen-bond acceptors (Lipinski definition) is 4. The Labute approximate surface area is 152 Å². The minimum absolute atomic E-state index is 0.0285. The molecule has 0 saturated heterocycles. The maximum Gasteiger partial charge on any atom is 0.345 e. The second kappa shape index (κ2) is 7.94. The summed E-state index contributed by atoms with van der Waals surface area (Å²) >= 11 is 4.96. The monoisotopic (exact) mass is 410 g/mol. The van der Waals surface area contributed by atoms with Crippen LogP contribution in [0.5, 0.6) is 0 Å². The quantitative estimate of drug-likeness (QED) is 0.587. The Hall–Kier alpha value is -1.67. The number of nitrogens with zero attached hydrogens (tertiary/aromatic N) is 3. The summed E-state index contributed by atoms with van der Waals surface area (Å²) in [4.78, 5) is 25.0. The number of carbonyl (C=O) groups excluding carboxylic acids is 1. The van der Waals surface area contributed by atoms with Crippen LogP contribution < -0.4 is 11.0 Å². The Balaban J connectivity index is 1.44. The molecule has 0 radical (unpaired) electrons. The smallest absolute Gasteiger partial charge is 0.345 e. The number of halogens is 1. The highest BCUT2D eigenvalue weighted by atomic mass is 79.9. The van der Waals surface area contributed by atoms with Gasteiger partial charge in [-0.2, -0.15) is 5.10 Å². The number of fused-ring (bicyclic) bond motifs is 1. The molecule has 0 aliphatic carbocycles. The average molecular weight is 411 g/mol. The van der Waals surface area contributed by atoms with Gasteiger partial charge in [0.05, 0.1) is 3.79 Å². The van der Waals surface area contributed by atoms with Crippen molar-refractivity contribution >= 4 is 39.2 Å². The molecule has 1 amide bonds. The molecule has 1 aliphatic rings. The first-order chi connectivity index (χ1) is 11.6. The van der Waals surface area contributed by atoms with Crippen molar-refractivity contribution in [2.75, 3.05) is 6.54 Å². The molecule has 0 atom stereocenters. The largest absolute Gasteiger partial charge is 0.352 e. The van der Waals surface area contributed by atoms with Crippen molar-refractivity contribution in [1.29, 1.82) is 0 Å². The van der Waals surface area contributed by atoms with Gasteiger partial charge in [0.1, 0.15) is 5.82 Å². The van der Waals surface area contributed by atoms with E-state index < -0.39 is 0 Å². The van der Waals surface area contributed by atoms with Crippen molar-refractivity contribution in [2.45, 2.75) is 38.8 Å². The normalized spacial score (nSPS) is 14.0. The van der Waals surface area contributed by atoms with Gasteiger partial charge in [0.15, 0.2) is 0 Å². The van der Waals surface area contributed by atoms with Gasteiger partial charge in [-0.15, -0.1) is 11.3 Å². The first-order valence-corrected chi connectivity index (χ1v) is 9.62. The molecular formula is C16H19BrN4O2S. The molecule has 0 unspecified atom stereocenters. The summed E-state index contributed by atoms with van der Waals surface area (Å²) in [6.45, 7) is 1.82. The molecule has 0 saturated carbocycles. The standard InChI is InChI=1S/C16H19BrN4O2S/c17-13-7-5-12(24-13)6-8-15(22)18-9-3-11-21-16(23)20-10-2-1-4-14(20)19-21/h5-8H,1-4,9-11H2,(H,18,22)/b8-6+. The maximum absolute atomic E-state index is 12.2. The minimum atomic E-state index is -0.129. The number of carbonyl (C=O) groups is 1. The van der Waals surface area contributed by atoms with Crippen LogP contribution in [0.3, 0.4) is 0 Å². The summed E-state index contributed by atoms with van der Waals surface area (Å²) in [6, 6.07) is 3.90. The van der Waals surface area contributed by atoms with Crippen LogP contribution in [0.2, 0.25) is 0 Å². The summed E-state index contributed by atoms with van der Waals surface area (Å²) < 4.78 is 4.33. The summed E-state index contributed by atoms with van der Waals surface area (Å²) in [6.07, 6.45) is 7.02. The van der Waals surface area contributed by atoms with Gasteiger partial charge < -0.3 is 5.32 Å². The summed E-state index contributed by atoms with van der Waals surface area (Å²) in [5.74, 6) is 0.760. The highest BCUT2D eigenvalue weighted by molar-refractivity contribution is 9.11. The molecule has 3 rings (SSSR count). The molecule has 128 valence electrons. The van der Waals surface area contributed by atoms with Crippen LogP contribution in [0, 0.1) is 0 Å². The second-order valence-electron chi connectivity index (χ2n) is 5.65. The number of rotatable bonds is 6. The molecule has 0 bridgehead atoms. The zero-order valence-corrected chi connectivity index (χ0v) is 15.6. The highest BCUT2D eigenvalue weighted by Gasteiger charge is 2.16. The van der Waals surface area contributed by atoms with E-state index in [1.807, 2.05) is 12.1 Å². The molecule has 1 aliphatic heterocycles. The molecule has 1 N–H and O–H groups in total. The van der Waals surface area contributed by atoms with Crippen LogP contribution in [0.1, 0.15) is 30.0 Å². The lowest BCUT2D eigenvalue weighted by atomic mass is 10.2. The first-order valence-electron chi connectivity index (χ1n) is 8.01. The molecule has 0 fully saturated rings. The number of aryl methyl sites for hydroxylation is 2. The van der Waals surface area contributed by atoms with Gasteiger partial charge in [-0.05, 0) is 53.4 Å². The fourth-order valence-corrected chi connectivity index (χ4v) is 4.00. The number of aromatic nitrogens is 3. The van der Waals surface area contributed by atoms with E-state index in [0.717, 1.165) is 40.3 Å². The van der Waals surface area contributed by atoms with E-state index in [1.165, 1.54) is 10.8 Å². The molecule has 2 aromatic heterocycles. The number of nitrogens with one attached hydrogen (secondary N) is 1. The predicted octanol–water partition coefficient (Wildman–Crippen LogP) is 2.42. The molecule has 8 heteroatoms. The first kappa shape index (κ1) is 17.2. The summed E-state index contributed by atoms with van der Waals surface area (Å²) in [5.41, 5.74) is -0.0285. The van der Waals surface area contributed by atoms with Gasteiger partial charge in [-0.1, -0.05) is 0 Å². The second-order valence-corrected chi connectivity index (χ2v) is 8.15. The van der Waals surface area contributed by atoms with Gasteiger partial charge in [-0.3, -0.25) is 9.36 Å². The Kier molecular flexibility index (Phi) is 5.68. The summed E-state index contributed by atoms with van der Waals surface area (Å²) in [5, 5.41) is 7.21.